The average Bonchev–Trinajstić information content (AvgIpc) is 2.58. The Morgan fingerprint density at radius 2 is 2.13 bits per heavy atom. The van der Waals surface area contributed by atoms with Crippen LogP contribution in [0.1, 0.15) is 19.3 Å². The van der Waals surface area contributed by atoms with Crippen LogP contribution in [-0.4, -0.2) is 23.8 Å². The summed E-state index contributed by atoms with van der Waals surface area (Å²) in [5.41, 5.74) is -4.15. The third-order valence-electron chi connectivity index (χ3n) is 2.46. The number of hydrogen-bond acceptors (Lipinski definition) is 3. The van der Waals surface area contributed by atoms with Gasteiger partial charge in [0.2, 0.25) is 0 Å². The third kappa shape index (κ3) is 4.76. The highest BCUT2D eigenvalue weighted by Crippen LogP contribution is 2.30. The molecular weight excluding hydrogens is 225 g/mol. The van der Waals surface area contributed by atoms with E-state index in [0.717, 1.165) is 19.3 Å². The summed E-state index contributed by atoms with van der Waals surface area (Å²) < 4.78 is 35.3. The predicted molar refractivity (Wildman–Crippen MR) is 53.3 cm³/mol. The van der Waals surface area contributed by atoms with Crippen molar-refractivity contribution in [2.24, 2.45) is 5.92 Å². The van der Waals surface area contributed by atoms with Crippen LogP contribution in [0.4, 0.5) is 13.2 Å². The van der Waals surface area contributed by atoms with Crippen LogP contribution in [0.2, 0.25) is 0 Å². The van der Waals surface area contributed by atoms with Crippen molar-refractivity contribution in [2.45, 2.75) is 30.8 Å². The van der Waals surface area contributed by atoms with E-state index in [0.29, 0.717) is 6.54 Å². The zero-order chi connectivity index (χ0) is 11.3. The van der Waals surface area contributed by atoms with Crippen LogP contribution in [0, 0.1) is 17.2 Å². The van der Waals surface area contributed by atoms with Gasteiger partial charge < -0.3 is 5.32 Å². The highest BCUT2D eigenvalue weighted by Gasteiger charge is 2.29. The van der Waals surface area contributed by atoms with Crippen LogP contribution >= 0.6 is 11.8 Å². The molecule has 0 saturated heterocycles. The molecule has 0 aromatic carbocycles. The van der Waals surface area contributed by atoms with E-state index < -0.39 is 5.51 Å². The summed E-state index contributed by atoms with van der Waals surface area (Å²) in [6.45, 7) is 0.313. The first-order valence-electron chi connectivity index (χ1n) is 4.86. The molecule has 2 unspecified atom stereocenters. The number of hydrogen-bond donors (Lipinski definition) is 1. The standard InChI is InChI=1S/C9H13F3N2S/c10-9(11,12)15-5-4-14-8-3-1-2-7(8)6-13/h7-8,14H,1-5H2. The molecule has 1 fully saturated rings. The molecule has 2 nitrogen and oxygen atoms in total. The number of thioether (sulfide) groups is 1. The minimum atomic E-state index is -4.15. The van der Waals surface area contributed by atoms with Crippen LogP contribution in [0.3, 0.4) is 0 Å². The van der Waals surface area contributed by atoms with E-state index in [2.05, 4.69) is 11.4 Å². The Hall–Kier alpha value is -0.410. The molecule has 1 rings (SSSR count). The predicted octanol–water partition coefficient (Wildman–Crippen LogP) is 2.52. The summed E-state index contributed by atoms with van der Waals surface area (Å²) >= 11 is -0.0196. The van der Waals surface area contributed by atoms with Gasteiger partial charge in [-0.1, -0.05) is 6.42 Å². The second-order valence-corrected chi connectivity index (χ2v) is 4.68. The molecule has 0 spiro atoms. The van der Waals surface area contributed by atoms with Gasteiger partial charge in [-0.3, -0.25) is 0 Å². The fraction of sp³-hybridized carbons (Fsp3) is 0.889. The maximum atomic E-state index is 11.8. The zero-order valence-electron chi connectivity index (χ0n) is 8.18. The minimum Gasteiger partial charge on any atom is -0.312 e. The highest BCUT2D eigenvalue weighted by molar-refractivity contribution is 8.00. The summed E-state index contributed by atoms with van der Waals surface area (Å²) in [7, 11) is 0. The van der Waals surface area contributed by atoms with Gasteiger partial charge in [-0.15, -0.1) is 0 Å². The molecule has 0 bridgehead atoms. The number of nitrogens with zero attached hydrogens (tertiary/aromatic N) is 1. The second-order valence-electron chi connectivity index (χ2n) is 3.52. The van der Waals surface area contributed by atoms with E-state index in [-0.39, 0.29) is 29.5 Å². The smallest absolute Gasteiger partial charge is 0.312 e. The first-order chi connectivity index (χ1) is 7.03. The van der Waals surface area contributed by atoms with Gasteiger partial charge in [-0.05, 0) is 24.6 Å². The van der Waals surface area contributed by atoms with E-state index in [1.54, 1.807) is 0 Å². The van der Waals surface area contributed by atoms with Crippen molar-refractivity contribution in [1.82, 2.24) is 5.32 Å². The Labute approximate surface area is 91.2 Å². The van der Waals surface area contributed by atoms with Crippen molar-refractivity contribution in [3.63, 3.8) is 0 Å². The number of rotatable bonds is 4. The first kappa shape index (κ1) is 12.7. The van der Waals surface area contributed by atoms with Crippen molar-refractivity contribution >= 4 is 11.8 Å². The van der Waals surface area contributed by atoms with Gasteiger partial charge >= 0.3 is 5.51 Å². The van der Waals surface area contributed by atoms with Gasteiger partial charge in [0.15, 0.2) is 0 Å². The Kier molecular flexibility index (Phi) is 4.74. The van der Waals surface area contributed by atoms with Crippen molar-refractivity contribution in [2.75, 3.05) is 12.3 Å². The normalized spacial score (nSPS) is 26.5. The SMILES string of the molecule is N#CC1CCCC1NCCSC(F)(F)F. The lowest BCUT2D eigenvalue weighted by Crippen LogP contribution is -2.33. The van der Waals surface area contributed by atoms with Gasteiger partial charge in [-0.2, -0.15) is 18.4 Å². The maximum absolute atomic E-state index is 11.8. The van der Waals surface area contributed by atoms with E-state index in [1.165, 1.54) is 0 Å². The molecule has 0 radical (unpaired) electrons. The fourth-order valence-electron chi connectivity index (χ4n) is 1.77. The molecule has 6 heteroatoms. The Morgan fingerprint density at radius 3 is 2.73 bits per heavy atom. The van der Waals surface area contributed by atoms with E-state index in [1.807, 2.05) is 0 Å². The largest absolute Gasteiger partial charge is 0.441 e. The monoisotopic (exact) mass is 238 g/mol. The molecule has 0 aromatic rings. The van der Waals surface area contributed by atoms with E-state index >= 15 is 0 Å². The first-order valence-corrected chi connectivity index (χ1v) is 5.85. The molecule has 0 amide bonds. The summed E-state index contributed by atoms with van der Waals surface area (Å²) in [6, 6.07) is 2.27. The van der Waals surface area contributed by atoms with E-state index in [4.69, 9.17) is 5.26 Å². The van der Waals surface area contributed by atoms with Crippen molar-refractivity contribution < 1.29 is 13.2 Å². The summed E-state index contributed by atoms with van der Waals surface area (Å²) in [5.74, 6) is -0.0149. The number of nitrogens with one attached hydrogen (secondary N) is 1. The van der Waals surface area contributed by atoms with Crippen molar-refractivity contribution in [3.05, 3.63) is 0 Å². The van der Waals surface area contributed by atoms with Gasteiger partial charge in [0, 0.05) is 18.3 Å². The number of nitriles is 1. The van der Waals surface area contributed by atoms with E-state index in [9.17, 15) is 13.2 Å². The fourth-order valence-corrected chi connectivity index (χ4v) is 2.22. The third-order valence-corrected chi connectivity index (χ3v) is 3.19. The topological polar surface area (TPSA) is 35.8 Å². The molecule has 0 heterocycles. The van der Waals surface area contributed by atoms with Crippen LogP contribution in [0.5, 0.6) is 0 Å². The molecule has 15 heavy (non-hydrogen) atoms. The molecular formula is C9H13F3N2S. The number of alkyl halides is 3. The quantitative estimate of drug-likeness (QED) is 0.764. The number of halogens is 3. The lowest BCUT2D eigenvalue weighted by molar-refractivity contribution is -0.0327. The Bertz CT molecular complexity index is 236. The maximum Gasteiger partial charge on any atom is 0.441 e. The molecule has 86 valence electrons. The molecule has 0 aromatic heterocycles. The van der Waals surface area contributed by atoms with Crippen LogP contribution in [0.15, 0.2) is 0 Å². The molecule has 0 aliphatic heterocycles. The zero-order valence-corrected chi connectivity index (χ0v) is 9.00. The summed E-state index contributed by atoms with van der Waals surface area (Å²) in [4.78, 5) is 0. The van der Waals surface area contributed by atoms with Gasteiger partial charge in [-0.25, -0.2) is 0 Å². The van der Waals surface area contributed by atoms with Crippen LogP contribution < -0.4 is 5.32 Å². The van der Waals surface area contributed by atoms with Crippen molar-refractivity contribution in [1.29, 1.82) is 5.26 Å². The molecule has 1 N–H and O–H groups in total. The molecule has 1 aliphatic carbocycles. The van der Waals surface area contributed by atoms with Crippen LogP contribution in [0.25, 0.3) is 0 Å². The van der Waals surface area contributed by atoms with Gasteiger partial charge in [0.25, 0.3) is 0 Å². The lowest BCUT2D eigenvalue weighted by atomic mass is 10.1. The molecule has 1 saturated carbocycles. The molecule has 1 aliphatic rings. The Balaban J connectivity index is 2.13. The lowest BCUT2D eigenvalue weighted by Gasteiger charge is -2.15. The summed E-state index contributed by atoms with van der Waals surface area (Å²) in [6.07, 6.45) is 2.75. The Morgan fingerprint density at radius 1 is 1.40 bits per heavy atom. The average molecular weight is 238 g/mol. The van der Waals surface area contributed by atoms with Gasteiger partial charge in [0.1, 0.15) is 0 Å². The van der Waals surface area contributed by atoms with Crippen LogP contribution in [-0.2, 0) is 0 Å². The molecule has 2 atom stereocenters. The highest BCUT2D eigenvalue weighted by atomic mass is 32.2. The minimum absolute atomic E-state index is 0.0121. The van der Waals surface area contributed by atoms with Gasteiger partial charge in [0.05, 0.1) is 12.0 Å². The van der Waals surface area contributed by atoms with Crippen molar-refractivity contribution in [3.8, 4) is 6.07 Å². The second kappa shape index (κ2) is 5.61. The summed E-state index contributed by atoms with van der Waals surface area (Å²) in [5, 5.41) is 11.8.